The summed E-state index contributed by atoms with van der Waals surface area (Å²) in [4.78, 5) is 39.9. The normalized spacial score (nSPS) is 14.7. The topological polar surface area (TPSA) is 146 Å². The first kappa shape index (κ1) is 36.6. The molecule has 12 nitrogen and oxygen atoms in total. The third-order valence-corrected chi connectivity index (χ3v) is 8.86. The SMILES string of the molecule is COc1c(NC(=O)c2ccc(C)c(Oc3ccnc(CC4CCN(OC(=O)OC(C)(C)C)CC4)n3)c2)cc(C(C)(C)C)cc1S(C)(=O)=O. The fourth-order valence-corrected chi connectivity index (χ4v) is 6.02. The molecule has 1 amide bonds. The Labute approximate surface area is 283 Å². The Morgan fingerprint density at radius 2 is 1.71 bits per heavy atom. The number of hydrogen-bond donors (Lipinski definition) is 1. The second kappa shape index (κ2) is 14.5. The smallest absolute Gasteiger partial charge is 0.493 e. The van der Waals surface area contributed by atoms with E-state index in [0.29, 0.717) is 48.4 Å². The van der Waals surface area contributed by atoms with Crippen LogP contribution in [0.25, 0.3) is 0 Å². The summed E-state index contributed by atoms with van der Waals surface area (Å²) in [5, 5.41) is 4.47. The minimum absolute atomic E-state index is 0.0000878. The van der Waals surface area contributed by atoms with E-state index in [0.717, 1.165) is 30.2 Å². The van der Waals surface area contributed by atoms with Crippen LogP contribution >= 0.6 is 0 Å². The Kier molecular flexibility index (Phi) is 11.0. The Morgan fingerprint density at radius 1 is 1.02 bits per heavy atom. The number of anilines is 1. The molecule has 1 aliphatic rings. The Morgan fingerprint density at radius 3 is 2.31 bits per heavy atom. The Bertz CT molecular complexity index is 1760. The van der Waals surface area contributed by atoms with Gasteiger partial charge in [0.1, 0.15) is 22.1 Å². The second-order valence-electron chi connectivity index (χ2n) is 14.1. The van der Waals surface area contributed by atoms with Crippen molar-refractivity contribution in [1.29, 1.82) is 0 Å². The molecule has 13 heteroatoms. The molecular weight excluding hydrogens is 636 g/mol. The quantitative estimate of drug-likeness (QED) is 0.242. The van der Waals surface area contributed by atoms with Crippen molar-refractivity contribution >= 4 is 27.6 Å². The zero-order valence-corrected chi connectivity index (χ0v) is 30.0. The van der Waals surface area contributed by atoms with Gasteiger partial charge in [0, 0.05) is 43.6 Å². The number of aromatic nitrogens is 2. The van der Waals surface area contributed by atoms with E-state index in [1.807, 2.05) is 27.7 Å². The van der Waals surface area contributed by atoms with Gasteiger partial charge in [-0.25, -0.2) is 18.2 Å². The van der Waals surface area contributed by atoms with Gasteiger partial charge in [-0.1, -0.05) is 26.8 Å². The lowest BCUT2D eigenvalue weighted by atomic mass is 9.86. The summed E-state index contributed by atoms with van der Waals surface area (Å²) in [6.45, 7) is 14.3. The molecule has 2 aromatic carbocycles. The number of ether oxygens (including phenoxy) is 3. The van der Waals surface area contributed by atoms with Gasteiger partial charge in [0.2, 0.25) is 5.88 Å². The van der Waals surface area contributed by atoms with E-state index < -0.39 is 27.5 Å². The van der Waals surface area contributed by atoms with Crippen LogP contribution in [0.15, 0.2) is 47.5 Å². The number of rotatable bonds is 9. The van der Waals surface area contributed by atoms with Crippen LogP contribution in [-0.2, 0) is 31.2 Å². The van der Waals surface area contributed by atoms with E-state index in [1.54, 1.807) is 68.4 Å². The molecule has 1 N–H and O–H groups in total. The van der Waals surface area contributed by atoms with Gasteiger partial charge in [0.15, 0.2) is 15.6 Å². The van der Waals surface area contributed by atoms with Crippen LogP contribution in [0.2, 0.25) is 0 Å². The van der Waals surface area contributed by atoms with Crippen LogP contribution in [0.1, 0.15) is 81.7 Å². The number of nitrogens with one attached hydrogen (secondary N) is 1. The molecule has 0 saturated carbocycles. The van der Waals surface area contributed by atoms with E-state index in [-0.39, 0.29) is 21.7 Å². The molecule has 1 aromatic heterocycles. The number of methoxy groups -OCH3 is 1. The molecular formula is C35H46N4O8S. The molecule has 0 bridgehead atoms. The fourth-order valence-electron chi connectivity index (χ4n) is 5.15. The van der Waals surface area contributed by atoms with Gasteiger partial charge in [-0.15, -0.1) is 5.06 Å². The zero-order chi connectivity index (χ0) is 35.4. The second-order valence-corrected chi connectivity index (χ2v) is 16.0. The minimum Gasteiger partial charge on any atom is -0.493 e. The molecule has 260 valence electrons. The summed E-state index contributed by atoms with van der Waals surface area (Å²) >= 11 is 0. The van der Waals surface area contributed by atoms with Crippen molar-refractivity contribution in [2.24, 2.45) is 5.92 Å². The summed E-state index contributed by atoms with van der Waals surface area (Å²) in [5.41, 5.74) is 1.06. The van der Waals surface area contributed by atoms with Gasteiger partial charge < -0.3 is 24.4 Å². The maximum Gasteiger partial charge on any atom is 0.528 e. The van der Waals surface area contributed by atoms with Crippen molar-refractivity contribution in [1.82, 2.24) is 15.0 Å². The highest BCUT2D eigenvalue weighted by Crippen LogP contribution is 2.38. The van der Waals surface area contributed by atoms with Crippen LogP contribution in [0, 0.1) is 12.8 Å². The third kappa shape index (κ3) is 9.89. The number of sulfone groups is 1. The van der Waals surface area contributed by atoms with Crippen LogP contribution in [0.5, 0.6) is 17.4 Å². The fraction of sp³-hybridized carbons (Fsp3) is 0.486. The number of benzene rings is 2. The van der Waals surface area contributed by atoms with Crippen molar-refractivity contribution in [2.75, 3.05) is 31.8 Å². The molecule has 0 radical (unpaired) electrons. The molecule has 4 rings (SSSR count). The van der Waals surface area contributed by atoms with E-state index in [4.69, 9.17) is 19.0 Å². The lowest BCUT2D eigenvalue weighted by Crippen LogP contribution is -2.38. The van der Waals surface area contributed by atoms with Gasteiger partial charge in [0.05, 0.1) is 12.8 Å². The first-order valence-corrected chi connectivity index (χ1v) is 17.7. The highest BCUT2D eigenvalue weighted by atomic mass is 32.2. The highest BCUT2D eigenvalue weighted by Gasteiger charge is 2.27. The van der Waals surface area contributed by atoms with E-state index >= 15 is 0 Å². The van der Waals surface area contributed by atoms with Crippen LogP contribution in [0.4, 0.5) is 10.5 Å². The van der Waals surface area contributed by atoms with E-state index in [1.165, 1.54) is 7.11 Å². The number of nitrogens with zero attached hydrogens (tertiary/aromatic N) is 3. The molecule has 0 atom stereocenters. The monoisotopic (exact) mass is 682 g/mol. The predicted molar refractivity (Wildman–Crippen MR) is 181 cm³/mol. The highest BCUT2D eigenvalue weighted by molar-refractivity contribution is 7.90. The number of piperidine rings is 1. The summed E-state index contributed by atoms with van der Waals surface area (Å²) < 4.78 is 42.1. The lowest BCUT2D eigenvalue weighted by molar-refractivity contribution is -0.155. The number of hydrogen-bond acceptors (Lipinski definition) is 11. The average Bonchev–Trinajstić information content (AvgIpc) is 2.97. The predicted octanol–water partition coefficient (Wildman–Crippen LogP) is 6.66. The molecule has 0 aliphatic carbocycles. The lowest BCUT2D eigenvalue weighted by Gasteiger charge is -2.30. The zero-order valence-electron chi connectivity index (χ0n) is 29.2. The molecule has 0 unspecified atom stereocenters. The van der Waals surface area contributed by atoms with Gasteiger partial charge in [-0.2, -0.15) is 4.98 Å². The summed E-state index contributed by atoms with van der Waals surface area (Å²) in [6, 6.07) is 10.0. The molecule has 0 spiro atoms. The molecule has 1 saturated heterocycles. The van der Waals surface area contributed by atoms with Crippen molar-refractivity contribution in [3.8, 4) is 17.4 Å². The number of carbonyl (C=O) groups is 2. The number of aryl methyl sites for hydroxylation is 1. The number of hydroxylamine groups is 2. The maximum absolute atomic E-state index is 13.5. The first-order chi connectivity index (χ1) is 22.3. The molecule has 1 aliphatic heterocycles. The average molecular weight is 683 g/mol. The van der Waals surface area contributed by atoms with Crippen molar-refractivity contribution in [3.05, 3.63) is 65.1 Å². The van der Waals surface area contributed by atoms with Gasteiger partial charge in [0.25, 0.3) is 5.91 Å². The van der Waals surface area contributed by atoms with Crippen molar-refractivity contribution in [3.63, 3.8) is 0 Å². The van der Waals surface area contributed by atoms with Crippen molar-refractivity contribution in [2.45, 2.75) is 83.6 Å². The van der Waals surface area contributed by atoms with E-state index in [2.05, 4.69) is 15.3 Å². The summed E-state index contributed by atoms with van der Waals surface area (Å²) in [6.07, 6.45) is 4.26. The van der Waals surface area contributed by atoms with Gasteiger partial charge >= 0.3 is 6.16 Å². The van der Waals surface area contributed by atoms with Crippen LogP contribution < -0.4 is 14.8 Å². The molecule has 2 heterocycles. The largest absolute Gasteiger partial charge is 0.528 e. The first-order valence-electron chi connectivity index (χ1n) is 15.8. The Balaban J connectivity index is 1.45. The molecule has 48 heavy (non-hydrogen) atoms. The molecule has 1 fully saturated rings. The van der Waals surface area contributed by atoms with E-state index in [9.17, 15) is 18.0 Å². The van der Waals surface area contributed by atoms with Crippen LogP contribution in [0.3, 0.4) is 0 Å². The van der Waals surface area contributed by atoms with Gasteiger partial charge in [-0.3, -0.25) is 4.79 Å². The maximum atomic E-state index is 13.5. The number of amides is 1. The number of carbonyl (C=O) groups excluding carboxylic acids is 2. The standard InChI is InChI=1S/C35H46N4O8S/c1-22-10-11-24(32(40)37-26-20-25(34(2,3)4)21-28(31(26)44-8)48(9,42)43)19-27(22)45-30-12-15-36-29(38-30)18-23-13-16-39(17-14-23)47-33(41)46-35(5,6)7/h10-12,15,19-21,23H,13-14,16-18H2,1-9H3,(H,37,40). The molecule has 3 aromatic rings. The third-order valence-electron chi connectivity index (χ3n) is 7.76. The minimum atomic E-state index is -3.66. The van der Waals surface area contributed by atoms with Crippen molar-refractivity contribution < 1.29 is 37.1 Å². The Hall–Kier alpha value is -4.23. The summed E-state index contributed by atoms with van der Waals surface area (Å²) in [7, 11) is -2.29. The summed E-state index contributed by atoms with van der Waals surface area (Å²) in [5.74, 6) is 1.30. The van der Waals surface area contributed by atoms with Crippen LogP contribution in [-0.4, -0.2) is 67.6 Å². The van der Waals surface area contributed by atoms with Gasteiger partial charge in [-0.05, 0) is 87.3 Å².